The van der Waals surface area contributed by atoms with E-state index < -0.39 is 0 Å². The fourth-order valence-electron chi connectivity index (χ4n) is 2.17. The molecule has 2 aromatic rings. The van der Waals surface area contributed by atoms with E-state index in [0.29, 0.717) is 16.4 Å². The van der Waals surface area contributed by atoms with Crippen LogP contribution in [0.3, 0.4) is 0 Å². The van der Waals surface area contributed by atoms with Crippen LogP contribution in [0.25, 0.3) is 0 Å². The number of nitrogen functional groups attached to an aromatic ring is 1. The maximum atomic E-state index is 7.54. The first-order valence-corrected chi connectivity index (χ1v) is 6.59. The number of benzene rings is 1. The summed E-state index contributed by atoms with van der Waals surface area (Å²) >= 11 is 6.31. The zero-order valence-electron chi connectivity index (χ0n) is 11.7. The molecule has 3 N–H and O–H groups in total. The molecule has 1 aromatic heterocycles. The van der Waals surface area contributed by atoms with Crippen molar-refractivity contribution >= 4 is 28.9 Å². The summed E-state index contributed by atoms with van der Waals surface area (Å²) in [5.74, 6) is 0.527. The number of rotatable bonds is 3. The quantitative estimate of drug-likeness (QED) is 0.672. The van der Waals surface area contributed by atoms with Crippen LogP contribution >= 0.6 is 11.6 Å². The Morgan fingerprint density at radius 2 is 2.00 bits per heavy atom. The number of pyridine rings is 1. The predicted octanol–water partition coefficient (Wildman–Crippen LogP) is 3.40. The highest BCUT2D eigenvalue weighted by molar-refractivity contribution is 6.36. The number of nitrogens with two attached hydrogens (primary N) is 1. The van der Waals surface area contributed by atoms with Crippen LogP contribution < -0.4 is 10.6 Å². The monoisotopic (exact) mass is 288 g/mol. The molecule has 2 rings (SSSR count). The van der Waals surface area contributed by atoms with Gasteiger partial charge in [0.15, 0.2) is 5.82 Å². The molecular formula is C15H17ClN4. The zero-order valence-corrected chi connectivity index (χ0v) is 12.5. The van der Waals surface area contributed by atoms with Crippen LogP contribution in [0.5, 0.6) is 0 Å². The van der Waals surface area contributed by atoms with Gasteiger partial charge >= 0.3 is 0 Å². The maximum absolute atomic E-state index is 7.54. The van der Waals surface area contributed by atoms with E-state index in [-0.39, 0.29) is 5.84 Å². The molecule has 0 unspecified atom stereocenters. The van der Waals surface area contributed by atoms with E-state index in [9.17, 15) is 0 Å². The number of anilines is 2. The van der Waals surface area contributed by atoms with E-state index in [1.54, 1.807) is 12.3 Å². The number of nitrogens with zero attached hydrogens (tertiary/aromatic N) is 2. The number of hydrogen-bond acceptors (Lipinski definition) is 3. The van der Waals surface area contributed by atoms with Crippen molar-refractivity contribution in [2.75, 3.05) is 11.9 Å². The number of aromatic nitrogens is 1. The largest absolute Gasteiger partial charge is 0.384 e. The topological polar surface area (TPSA) is 66.0 Å². The van der Waals surface area contributed by atoms with Crippen LogP contribution in [0.1, 0.15) is 16.7 Å². The van der Waals surface area contributed by atoms with Crippen LogP contribution in [-0.2, 0) is 0 Å². The summed E-state index contributed by atoms with van der Waals surface area (Å²) in [6.07, 6.45) is 1.61. The molecule has 0 aliphatic carbocycles. The fraction of sp³-hybridized carbons (Fsp3) is 0.200. The molecule has 0 saturated carbocycles. The lowest BCUT2D eigenvalue weighted by Crippen LogP contribution is -2.17. The van der Waals surface area contributed by atoms with E-state index in [1.807, 2.05) is 31.0 Å². The fourth-order valence-corrected chi connectivity index (χ4v) is 2.51. The summed E-state index contributed by atoms with van der Waals surface area (Å²) in [6.45, 7) is 4.10. The van der Waals surface area contributed by atoms with Crippen molar-refractivity contribution in [3.8, 4) is 0 Å². The van der Waals surface area contributed by atoms with Crippen molar-refractivity contribution in [3.05, 3.63) is 52.2 Å². The van der Waals surface area contributed by atoms with Gasteiger partial charge in [-0.2, -0.15) is 0 Å². The molecule has 0 bridgehead atoms. The van der Waals surface area contributed by atoms with Crippen molar-refractivity contribution in [1.82, 2.24) is 4.98 Å². The first-order valence-electron chi connectivity index (χ1n) is 6.21. The summed E-state index contributed by atoms with van der Waals surface area (Å²) in [6, 6.07) is 7.82. The lowest BCUT2D eigenvalue weighted by molar-refractivity contribution is 1.11. The van der Waals surface area contributed by atoms with Gasteiger partial charge in [-0.1, -0.05) is 29.3 Å². The number of hydrogen-bond donors (Lipinski definition) is 2. The normalized spacial score (nSPS) is 10.4. The smallest absolute Gasteiger partial charge is 0.152 e. The Kier molecular flexibility index (Phi) is 3.95. The third-order valence-corrected chi connectivity index (χ3v) is 3.56. The first-order chi connectivity index (χ1) is 9.41. The van der Waals surface area contributed by atoms with Crippen LogP contribution in [-0.4, -0.2) is 17.9 Å². The minimum atomic E-state index is -0.0623. The molecule has 0 aliphatic heterocycles. The Morgan fingerprint density at radius 3 is 2.60 bits per heavy atom. The standard InChI is InChI=1S/C15H17ClN4/c1-9-4-5-12(10(2)8-9)20(3)15-13(16)11(14(17)18)6-7-19-15/h4-8H,1-3H3,(H3,17,18). The Hall–Kier alpha value is -2.07. The second-order valence-electron chi connectivity index (χ2n) is 4.76. The second-order valence-corrected chi connectivity index (χ2v) is 5.14. The summed E-state index contributed by atoms with van der Waals surface area (Å²) < 4.78 is 0. The molecule has 0 atom stereocenters. The molecule has 104 valence electrons. The molecule has 0 aliphatic rings. The molecule has 4 nitrogen and oxygen atoms in total. The van der Waals surface area contributed by atoms with Gasteiger partial charge in [-0.3, -0.25) is 5.41 Å². The highest BCUT2D eigenvalue weighted by Crippen LogP contribution is 2.32. The lowest BCUT2D eigenvalue weighted by Gasteiger charge is -2.22. The SMILES string of the molecule is Cc1ccc(N(C)c2nccc(C(=N)N)c2Cl)c(C)c1. The van der Waals surface area contributed by atoms with Crippen molar-refractivity contribution in [1.29, 1.82) is 5.41 Å². The number of halogens is 1. The van der Waals surface area contributed by atoms with Gasteiger partial charge in [0.2, 0.25) is 0 Å². The van der Waals surface area contributed by atoms with E-state index >= 15 is 0 Å². The molecule has 1 heterocycles. The Labute approximate surface area is 123 Å². The summed E-state index contributed by atoms with van der Waals surface area (Å²) in [7, 11) is 1.90. The number of nitrogens with one attached hydrogen (secondary N) is 1. The van der Waals surface area contributed by atoms with Gasteiger partial charge in [-0.25, -0.2) is 4.98 Å². The third-order valence-electron chi connectivity index (χ3n) is 3.19. The van der Waals surface area contributed by atoms with E-state index in [2.05, 4.69) is 18.0 Å². The Balaban J connectivity index is 2.51. The van der Waals surface area contributed by atoms with Gasteiger partial charge in [0.1, 0.15) is 5.84 Å². The molecule has 0 spiro atoms. The molecule has 5 heteroatoms. The van der Waals surface area contributed by atoms with Gasteiger partial charge in [0.25, 0.3) is 0 Å². The minimum Gasteiger partial charge on any atom is -0.384 e. The first kappa shape index (κ1) is 14.3. The van der Waals surface area contributed by atoms with Crippen LogP contribution in [0, 0.1) is 19.3 Å². The van der Waals surface area contributed by atoms with Crippen LogP contribution in [0.4, 0.5) is 11.5 Å². The van der Waals surface area contributed by atoms with Gasteiger partial charge in [-0.15, -0.1) is 0 Å². The molecule has 0 amide bonds. The molecular weight excluding hydrogens is 272 g/mol. The maximum Gasteiger partial charge on any atom is 0.152 e. The van der Waals surface area contributed by atoms with E-state index in [0.717, 1.165) is 11.3 Å². The van der Waals surface area contributed by atoms with E-state index in [1.165, 1.54) is 5.56 Å². The zero-order chi connectivity index (χ0) is 14.9. The number of amidine groups is 1. The highest BCUT2D eigenvalue weighted by atomic mass is 35.5. The van der Waals surface area contributed by atoms with Crippen molar-refractivity contribution in [2.45, 2.75) is 13.8 Å². The lowest BCUT2D eigenvalue weighted by atomic mass is 10.1. The van der Waals surface area contributed by atoms with E-state index in [4.69, 9.17) is 22.7 Å². The second kappa shape index (κ2) is 5.51. The van der Waals surface area contributed by atoms with Crippen molar-refractivity contribution < 1.29 is 0 Å². The summed E-state index contributed by atoms with van der Waals surface area (Å²) in [5.41, 5.74) is 9.38. The van der Waals surface area contributed by atoms with Crippen molar-refractivity contribution in [3.63, 3.8) is 0 Å². The van der Waals surface area contributed by atoms with Crippen LogP contribution in [0.2, 0.25) is 5.02 Å². The third kappa shape index (κ3) is 2.60. The molecule has 0 fully saturated rings. The van der Waals surface area contributed by atoms with Crippen LogP contribution in [0.15, 0.2) is 30.5 Å². The predicted molar refractivity (Wildman–Crippen MR) is 84.2 cm³/mol. The van der Waals surface area contributed by atoms with Crippen molar-refractivity contribution in [2.24, 2.45) is 5.73 Å². The molecule has 0 radical (unpaired) electrons. The average molecular weight is 289 g/mol. The van der Waals surface area contributed by atoms with Gasteiger partial charge in [0.05, 0.1) is 5.02 Å². The number of aryl methyl sites for hydroxylation is 2. The molecule has 0 saturated heterocycles. The average Bonchev–Trinajstić information content (AvgIpc) is 2.38. The molecule has 1 aromatic carbocycles. The van der Waals surface area contributed by atoms with Gasteiger partial charge in [-0.05, 0) is 31.5 Å². The molecule has 20 heavy (non-hydrogen) atoms. The van der Waals surface area contributed by atoms with Gasteiger partial charge < -0.3 is 10.6 Å². The van der Waals surface area contributed by atoms with Gasteiger partial charge in [0, 0.05) is 24.5 Å². The minimum absolute atomic E-state index is 0.0623. The highest BCUT2D eigenvalue weighted by Gasteiger charge is 2.15. The Bertz CT molecular complexity index is 667. The summed E-state index contributed by atoms with van der Waals surface area (Å²) in [4.78, 5) is 6.21. The summed E-state index contributed by atoms with van der Waals surface area (Å²) in [5, 5.41) is 7.93. The Morgan fingerprint density at radius 1 is 1.30 bits per heavy atom.